The molecule has 0 bridgehead atoms. The summed E-state index contributed by atoms with van der Waals surface area (Å²) >= 11 is 3.32. The number of rotatable bonds is 5. The molecule has 1 aromatic carbocycles. The number of carbonyl (C=O) groups is 1. The molecular formula is C21H19BrF2N2O2. The number of benzene rings is 1. The molecule has 1 unspecified atom stereocenters. The van der Waals surface area contributed by atoms with Crippen LogP contribution in [-0.4, -0.2) is 14.9 Å². The first-order valence-corrected chi connectivity index (χ1v) is 9.51. The smallest absolute Gasteiger partial charge is 0.251 e. The Kier molecular flexibility index (Phi) is 5.65. The molecule has 0 spiro atoms. The standard InChI is InChI=1S/C21H19BrF2N2O2/c1-12-8-17(21(28)14(3)26-11-16(22)5-7-20(26)27)13(2)25(12)10-15-4-6-18(23)19(24)9-15/h4-9,11,14H,10H2,1-3H3. The second-order valence-corrected chi connectivity index (χ2v) is 7.67. The van der Waals surface area contributed by atoms with Crippen molar-refractivity contribution in [3.63, 3.8) is 0 Å². The first kappa shape index (κ1) is 20.2. The number of hydrogen-bond donors (Lipinski definition) is 0. The Bertz CT molecular complexity index is 1120. The third-order valence-corrected chi connectivity index (χ3v) is 5.33. The summed E-state index contributed by atoms with van der Waals surface area (Å²) < 4.78 is 30.6. The molecule has 2 heterocycles. The molecule has 7 heteroatoms. The van der Waals surface area contributed by atoms with Gasteiger partial charge in [0.15, 0.2) is 17.4 Å². The van der Waals surface area contributed by atoms with Gasteiger partial charge in [-0.1, -0.05) is 6.07 Å². The van der Waals surface area contributed by atoms with Crippen molar-refractivity contribution in [1.29, 1.82) is 0 Å². The minimum Gasteiger partial charge on any atom is -0.344 e. The summed E-state index contributed by atoms with van der Waals surface area (Å²) in [5.41, 5.74) is 2.36. The molecule has 1 atom stereocenters. The van der Waals surface area contributed by atoms with Crippen LogP contribution in [0.5, 0.6) is 0 Å². The van der Waals surface area contributed by atoms with Crippen molar-refractivity contribution in [1.82, 2.24) is 9.13 Å². The van der Waals surface area contributed by atoms with E-state index in [1.54, 1.807) is 32.2 Å². The van der Waals surface area contributed by atoms with Crippen LogP contribution < -0.4 is 5.56 Å². The third-order valence-electron chi connectivity index (χ3n) is 4.86. The van der Waals surface area contributed by atoms with Gasteiger partial charge in [0, 0.05) is 40.2 Å². The molecule has 0 radical (unpaired) electrons. The molecule has 4 nitrogen and oxygen atoms in total. The summed E-state index contributed by atoms with van der Waals surface area (Å²) in [5.74, 6) is -1.99. The highest BCUT2D eigenvalue weighted by atomic mass is 79.9. The Hall–Kier alpha value is -2.54. The van der Waals surface area contributed by atoms with Gasteiger partial charge in [-0.25, -0.2) is 8.78 Å². The Morgan fingerprint density at radius 1 is 1.11 bits per heavy atom. The van der Waals surface area contributed by atoms with Crippen molar-refractivity contribution in [2.45, 2.75) is 33.4 Å². The monoisotopic (exact) mass is 448 g/mol. The summed E-state index contributed by atoms with van der Waals surface area (Å²) in [6, 6.07) is 7.87. The van der Waals surface area contributed by atoms with Crippen LogP contribution >= 0.6 is 15.9 Å². The van der Waals surface area contributed by atoms with E-state index in [1.807, 2.05) is 11.5 Å². The topological polar surface area (TPSA) is 44.0 Å². The van der Waals surface area contributed by atoms with Gasteiger partial charge in [0.2, 0.25) is 0 Å². The van der Waals surface area contributed by atoms with Gasteiger partial charge in [-0.15, -0.1) is 0 Å². The average Bonchev–Trinajstić information content (AvgIpc) is 2.93. The quantitative estimate of drug-likeness (QED) is 0.526. The van der Waals surface area contributed by atoms with E-state index in [0.29, 0.717) is 27.8 Å². The van der Waals surface area contributed by atoms with E-state index < -0.39 is 17.7 Å². The lowest BCUT2D eigenvalue weighted by Crippen LogP contribution is -2.27. The van der Waals surface area contributed by atoms with Crippen LogP contribution in [0.3, 0.4) is 0 Å². The molecule has 3 rings (SSSR count). The molecule has 0 saturated heterocycles. The van der Waals surface area contributed by atoms with Crippen molar-refractivity contribution in [3.05, 3.63) is 91.6 Å². The Balaban J connectivity index is 1.94. The van der Waals surface area contributed by atoms with Gasteiger partial charge in [-0.3, -0.25) is 9.59 Å². The maximum absolute atomic E-state index is 13.5. The summed E-state index contributed by atoms with van der Waals surface area (Å²) in [6.45, 7) is 5.64. The lowest BCUT2D eigenvalue weighted by molar-refractivity contribution is 0.0932. The van der Waals surface area contributed by atoms with Gasteiger partial charge in [0.05, 0.1) is 6.04 Å². The summed E-state index contributed by atoms with van der Waals surface area (Å²) in [4.78, 5) is 25.2. The molecule has 3 aromatic rings. The Morgan fingerprint density at radius 3 is 2.50 bits per heavy atom. The summed E-state index contributed by atoms with van der Waals surface area (Å²) in [6.07, 6.45) is 1.59. The summed E-state index contributed by atoms with van der Waals surface area (Å²) in [7, 11) is 0. The zero-order valence-corrected chi connectivity index (χ0v) is 17.3. The lowest BCUT2D eigenvalue weighted by Gasteiger charge is -2.15. The maximum Gasteiger partial charge on any atom is 0.251 e. The number of aromatic nitrogens is 2. The number of pyridine rings is 1. The van der Waals surface area contributed by atoms with E-state index in [-0.39, 0.29) is 11.3 Å². The number of Topliss-reactive ketones (excluding diaryl/α,β-unsaturated/α-hetero) is 1. The second kappa shape index (κ2) is 7.83. The lowest BCUT2D eigenvalue weighted by atomic mass is 10.1. The number of nitrogens with zero attached hydrogens (tertiary/aromatic N) is 2. The first-order chi connectivity index (χ1) is 13.2. The SMILES string of the molecule is Cc1cc(C(=O)C(C)n2cc(Br)ccc2=O)c(C)n1Cc1ccc(F)c(F)c1. The van der Waals surface area contributed by atoms with Crippen LogP contribution in [0.15, 0.2) is 51.9 Å². The zero-order valence-electron chi connectivity index (χ0n) is 15.7. The number of ketones is 1. The number of aryl methyl sites for hydroxylation is 1. The van der Waals surface area contributed by atoms with Crippen LogP contribution in [0, 0.1) is 25.5 Å². The molecule has 146 valence electrons. The van der Waals surface area contributed by atoms with Crippen molar-refractivity contribution < 1.29 is 13.6 Å². The number of carbonyl (C=O) groups excluding carboxylic acids is 1. The van der Waals surface area contributed by atoms with Gasteiger partial charge in [0.1, 0.15) is 0 Å². The van der Waals surface area contributed by atoms with Crippen LogP contribution in [-0.2, 0) is 6.54 Å². The molecule has 0 amide bonds. The van der Waals surface area contributed by atoms with Crippen LogP contribution in [0.4, 0.5) is 8.78 Å². The van der Waals surface area contributed by atoms with Crippen LogP contribution in [0.1, 0.15) is 40.3 Å². The molecule has 0 aliphatic carbocycles. The predicted octanol–water partition coefficient (Wildman–Crippen LogP) is 4.80. The van der Waals surface area contributed by atoms with E-state index in [4.69, 9.17) is 0 Å². The van der Waals surface area contributed by atoms with Crippen molar-refractivity contribution in [3.8, 4) is 0 Å². The van der Waals surface area contributed by atoms with E-state index in [0.717, 1.165) is 17.8 Å². The highest BCUT2D eigenvalue weighted by Crippen LogP contribution is 2.23. The van der Waals surface area contributed by atoms with E-state index in [2.05, 4.69) is 15.9 Å². The van der Waals surface area contributed by atoms with Gasteiger partial charge in [-0.2, -0.15) is 0 Å². The van der Waals surface area contributed by atoms with E-state index in [1.165, 1.54) is 16.7 Å². The van der Waals surface area contributed by atoms with Gasteiger partial charge in [-0.05, 0) is 66.5 Å². The first-order valence-electron chi connectivity index (χ1n) is 8.71. The largest absolute Gasteiger partial charge is 0.344 e. The highest BCUT2D eigenvalue weighted by molar-refractivity contribution is 9.10. The molecule has 28 heavy (non-hydrogen) atoms. The fourth-order valence-corrected chi connectivity index (χ4v) is 3.60. The van der Waals surface area contributed by atoms with Crippen molar-refractivity contribution in [2.75, 3.05) is 0 Å². The normalized spacial score (nSPS) is 12.2. The van der Waals surface area contributed by atoms with E-state index >= 15 is 0 Å². The Morgan fingerprint density at radius 2 is 1.82 bits per heavy atom. The van der Waals surface area contributed by atoms with Crippen molar-refractivity contribution >= 4 is 21.7 Å². The van der Waals surface area contributed by atoms with Gasteiger partial charge in [0.25, 0.3) is 5.56 Å². The molecule has 0 fully saturated rings. The Labute approximate surface area is 169 Å². The maximum atomic E-state index is 13.5. The third kappa shape index (κ3) is 3.85. The highest BCUT2D eigenvalue weighted by Gasteiger charge is 2.23. The number of hydrogen-bond acceptors (Lipinski definition) is 2. The predicted molar refractivity (Wildman–Crippen MR) is 107 cm³/mol. The number of halogens is 3. The van der Waals surface area contributed by atoms with Gasteiger partial charge >= 0.3 is 0 Å². The van der Waals surface area contributed by atoms with Gasteiger partial charge < -0.3 is 9.13 Å². The van der Waals surface area contributed by atoms with Crippen LogP contribution in [0.2, 0.25) is 0 Å². The van der Waals surface area contributed by atoms with Crippen molar-refractivity contribution in [2.24, 2.45) is 0 Å². The molecular weight excluding hydrogens is 430 g/mol. The molecule has 0 N–H and O–H groups in total. The fraction of sp³-hybridized carbons (Fsp3) is 0.238. The fourth-order valence-electron chi connectivity index (χ4n) is 3.24. The second-order valence-electron chi connectivity index (χ2n) is 6.75. The van der Waals surface area contributed by atoms with E-state index in [9.17, 15) is 18.4 Å². The average molecular weight is 449 g/mol. The molecule has 2 aromatic heterocycles. The summed E-state index contributed by atoms with van der Waals surface area (Å²) in [5, 5.41) is 0. The zero-order chi connectivity index (χ0) is 20.6. The minimum absolute atomic E-state index is 0.190. The minimum atomic E-state index is -0.904. The molecule has 0 aliphatic heterocycles. The molecule has 0 saturated carbocycles. The van der Waals surface area contributed by atoms with Crippen LogP contribution in [0.25, 0.3) is 0 Å². The molecule has 0 aliphatic rings.